The standard InChI is InChI=1S/C21H28N4O3S2/c1-16-22-13-19(29-16)14-23(2)15-21(26)24-8-10-25(11-9-24)30(27,28)20-7-6-17-4-3-5-18(17)12-20/h6-7,12-13H,3-5,8-11,14-15H2,1-2H3. The number of hydrogen-bond acceptors (Lipinski definition) is 6. The van der Waals surface area contributed by atoms with Crippen LogP contribution in [0.15, 0.2) is 29.3 Å². The van der Waals surface area contributed by atoms with E-state index in [1.807, 2.05) is 37.2 Å². The smallest absolute Gasteiger partial charge is 0.243 e. The topological polar surface area (TPSA) is 73.8 Å². The van der Waals surface area contributed by atoms with E-state index in [-0.39, 0.29) is 5.91 Å². The lowest BCUT2D eigenvalue weighted by atomic mass is 10.1. The molecule has 0 bridgehead atoms. The zero-order valence-corrected chi connectivity index (χ0v) is 19.1. The minimum Gasteiger partial charge on any atom is -0.339 e. The van der Waals surface area contributed by atoms with Crippen molar-refractivity contribution in [2.24, 2.45) is 0 Å². The highest BCUT2D eigenvalue weighted by Gasteiger charge is 2.31. The van der Waals surface area contributed by atoms with Crippen molar-refractivity contribution < 1.29 is 13.2 Å². The van der Waals surface area contributed by atoms with Gasteiger partial charge in [-0.1, -0.05) is 6.07 Å². The van der Waals surface area contributed by atoms with Gasteiger partial charge in [0.15, 0.2) is 0 Å². The van der Waals surface area contributed by atoms with Gasteiger partial charge in [0.05, 0.1) is 16.4 Å². The van der Waals surface area contributed by atoms with Crippen molar-refractivity contribution in [3.05, 3.63) is 45.4 Å². The number of nitrogens with zero attached hydrogens (tertiary/aromatic N) is 4. The van der Waals surface area contributed by atoms with Gasteiger partial charge in [-0.05, 0) is 56.5 Å². The Morgan fingerprint density at radius 2 is 1.90 bits per heavy atom. The summed E-state index contributed by atoms with van der Waals surface area (Å²) in [5, 5.41) is 1.02. The molecule has 30 heavy (non-hydrogen) atoms. The van der Waals surface area contributed by atoms with Crippen LogP contribution in [0, 0.1) is 6.92 Å². The molecule has 1 aromatic heterocycles. The van der Waals surface area contributed by atoms with Crippen LogP contribution in [0.2, 0.25) is 0 Å². The van der Waals surface area contributed by atoms with Gasteiger partial charge >= 0.3 is 0 Å². The average Bonchev–Trinajstić information content (AvgIpc) is 3.35. The van der Waals surface area contributed by atoms with Gasteiger partial charge in [0.2, 0.25) is 15.9 Å². The third-order valence-electron chi connectivity index (χ3n) is 5.80. The molecule has 0 saturated carbocycles. The molecule has 0 unspecified atom stereocenters. The molecule has 0 N–H and O–H groups in total. The molecule has 9 heteroatoms. The van der Waals surface area contributed by atoms with Gasteiger partial charge in [-0.3, -0.25) is 9.69 Å². The van der Waals surface area contributed by atoms with Crippen molar-refractivity contribution in [3.63, 3.8) is 0 Å². The molecule has 7 nitrogen and oxygen atoms in total. The van der Waals surface area contributed by atoms with Crippen molar-refractivity contribution in [2.75, 3.05) is 39.8 Å². The Morgan fingerprint density at radius 1 is 1.17 bits per heavy atom. The van der Waals surface area contributed by atoms with Crippen LogP contribution in [0.3, 0.4) is 0 Å². The molecule has 1 amide bonds. The van der Waals surface area contributed by atoms with E-state index in [2.05, 4.69) is 4.98 Å². The van der Waals surface area contributed by atoms with Crippen molar-refractivity contribution in [1.82, 2.24) is 19.1 Å². The maximum Gasteiger partial charge on any atom is 0.243 e. The Balaban J connectivity index is 1.32. The molecule has 1 fully saturated rings. The molecule has 0 spiro atoms. The number of piperazine rings is 1. The fraction of sp³-hybridized carbons (Fsp3) is 0.524. The fourth-order valence-corrected chi connectivity index (χ4v) is 6.52. The Kier molecular flexibility index (Phi) is 6.24. The van der Waals surface area contributed by atoms with Crippen molar-refractivity contribution in [1.29, 1.82) is 0 Å². The SMILES string of the molecule is Cc1ncc(CN(C)CC(=O)N2CCN(S(=O)(=O)c3ccc4c(c3)CCC4)CC2)s1. The van der Waals surface area contributed by atoms with Crippen LogP contribution in [-0.2, 0) is 34.2 Å². The van der Waals surface area contributed by atoms with Crippen LogP contribution in [0.4, 0.5) is 0 Å². The molecule has 2 aliphatic rings. The van der Waals surface area contributed by atoms with Crippen molar-refractivity contribution in [3.8, 4) is 0 Å². The lowest BCUT2D eigenvalue weighted by Gasteiger charge is -2.34. The zero-order valence-electron chi connectivity index (χ0n) is 17.5. The van der Waals surface area contributed by atoms with E-state index < -0.39 is 10.0 Å². The number of likely N-dealkylation sites (N-methyl/N-ethyl adjacent to an activating group) is 1. The molecule has 1 aliphatic carbocycles. The van der Waals surface area contributed by atoms with E-state index in [0.717, 1.165) is 34.7 Å². The van der Waals surface area contributed by atoms with E-state index in [0.29, 0.717) is 44.2 Å². The highest BCUT2D eigenvalue weighted by molar-refractivity contribution is 7.89. The van der Waals surface area contributed by atoms with Gasteiger partial charge in [-0.2, -0.15) is 4.31 Å². The summed E-state index contributed by atoms with van der Waals surface area (Å²) in [7, 11) is -1.60. The molecule has 0 radical (unpaired) electrons. The summed E-state index contributed by atoms with van der Waals surface area (Å²) in [6, 6.07) is 5.52. The Hall–Kier alpha value is -1.81. The second-order valence-electron chi connectivity index (χ2n) is 8.09. The van der Waals surface area contributed by atoms with Crippen LogP contribution >= 0.6 is 11.3 Å². The van der Waals surface area contributed by atoms with Crippen LogP contribution in [0.25, 0.3) is 0 Å². The Morgan fingerprint density at radius 3 is 2.60 bits per heavy atom. The molecule has 1 aliphatic heterocycles. The summed E-state index contributed by atoms with van der Waals surface area (Å²) < 4.78 is 27.6. The van der Waals surface area contributed by atoms with E-state index in [9.17, 15) is 13.2 Å². The number of aromatic nitrogens is 1. The number of thiazole rings is 1. The first-order chi connectivity index (χ1) is 14.3. The fourth-order valence-electron chi connectivity index (χ4n) is 4.17. The molecular formula is C21H28N4O3S2. The second-order valence-corrected chi connectivity index (χ2v) is 11.3. The summed E-state index contributed by atoms with van der Waals surface area (Å²) in [4.78, 5) is 22.2. The van der Waals surface area contributed by atoms with E-state index in [4.69, 9.17) is 0 Å². The second kappa shape index (κ2) is 8.74. The van der Waals surface area contributed by atoms with Crippen LogP contribution in [0.5, 0.6) is 0 Å². The molecule has 2 heterocycles. The minimum absolute atomic E-state index is 0.0355. The van der Waals surface area contributed by atoms with Crippen LogP contribution in [0.1, 0.15) is 27.4 Å². The van der Waals surface area contributed by atoms with Gasteiger partial charge < -0.3 is 4.90 Å². The number of sulfonamides is 1. The molecule has 0 atom stereocenters. The van der Waals surface area contributed by atoms with E-state index in [1.165, 1.54) is 9.87 Å². The highest BCUT2D eigenvalue weighted by Crippen LogP contribution is 2.26. The molecule has 1 aromatic carbocycles. The predicted molar refractivity (Wildman–Crippen MR) is 117 cm³/mol. The van der Waals surface area contributed by atoms with Gasteiger partial charge in [0.25, 0.3) is 0 Å². The normalized spacial score (nSPS) is 17.5. The molecule has 2 aromatic rings. The lowest BCUT2D eigenvalue weighted by molar-refractivity contribution is -0.133. The first kappa shape index (κ1) is 21.4. The quantitative estimate of drug-likeness (QED) is 0.675. The molecule has 162 valence electrons. The maximum absolute atomic E-state index is 13.1. The number of rotatable bonds is 6. The van der Waals surface area contributed by atoms with Crippen LogP contribution < -0.4 is 0 Å². The highest BCUT2D eigenvalue weighted by atomic mass is 32.2. The monoisotopic (exact) mass is 448 g/mol. The number of hydrogen-bond donors (Lipinski definition) is 0. The van der Waals surface area contributed by atoms with E-state index >= 15 is 0 Å². The number of fused-ring (bicyclic) bond motifs is 1. The largest absolute Gasteiger partial charge is 0.339 e. The summed E-state index contributed by atoms with van der Waals surface area (Å²) in [6.45, 7) is 4.49. The maximum atomic E-state index is 13.1. The van der Waals surface area contributed by atoms with Gasteiger partial charge in [0.1, 0.15) is 0 Å². The summed E-state index contributed by atoms with van der Waals surface area (Å²) in [5.41, 5.74) is 2.42. The predicted octanol–water partition coefficient (Wildman–Crippen LogP) is 1.91. The number of amides is 1. The van der Waals surface area contributed by atoms with E-state index in [1.54, 1.807) is 22.3 Å². The number of carbonyl (C=O) groups excluding carboxylic acids is 1. The first-order valence-corrected chi connectivity index (χ1v) is 12.6. The number of aryl methyl sites for hydroxylation is 3. The number of benzene rings is 1. The molecular weight excluding hydrogens is 420 g/mol. The summed E-state index contributed by atoms with van der Waals surface area (Å²) in [5.74, 6) is 0.0355. The average molecular weight is 449 g/mol. The zero-order chi connectivity index (χ0) is 21.3. The Labute approximate surface area is 182 Å². The third kappa shape index (κ3) is 4.59. The lowest BCUT2D eigenvalue weighted by Crippen LogP contribution is -2.52. The molecule has 1 saturated heterocycles. The summed E-state index contributed by atoms with van der Waals surface area (Å²) in [6.07, 6.45) is 4.93. The first-order valence-electron chi connectivity index (χ1n) is 10.3. The Bertz CT molecular complexity index is 1030. The molecule has 4 rings (SSSR count). The van der Waals surface area contributed by atoms with Crippen LogP contribution in [-0.4, -0.2) is 73.2 Å². The van der Waals surface area contributed by atoms with Crippen molar-refractivity contribution >= 4 is 27.3 Å². The van der Waals surface area contributed by atoms with Gasteiger partial charge in [-0.25, -0.2) is 13.4 Å². The van der Waals surface area contributed by atoms with Gasteiger partial charge in [0, 0.05) is 43.8 Å². The van der Waals surface area contributed by atoms with Gasteiger partial charge in [-0.15, -0.1) is 11.3 Å². The minimum atomic E-state index is -3.51. The third-order valence-corrected chi connectivity index (χ3v) is 8.59. The summed E-state index contributed by atoms with van der Waals surface area (Å²) >= 11 is 1.64. The number of carbonyl (C=O) groups is 1. The van der Waals surface area contributed by atoms with Crippen molar-refractivity contribution in [2.45, 2.75) is 37.6 Å².